The first kappa shape index (κ1) is 30.4. The summed E-state index contributed by atoms with van der Waals surface area (Å²) in [5.41, 5.74) is 0.543. The molecular weight excluding hydrogens is 522 g/mol. The number of β-amino-alcohol motifs (C(OH)–C–C–N with tert-alkyl or cyclic N) is 1. The largest absolute Gasteiger partial charge is 0.508 e. The number of piperidine rings is 1. The molecule has 5 atom stereocenters. The monoisotopic (exact) mass is 567 g/mol. The number of aliphatic hydroxyl groups is 1. The van der Waals surface area contributed by atoms with E-state index in [2.05, 4.69) is 15.5 Å². The highest BCUT2D eigenvalue weighted by molar-refractivity contribution is 7.99. The maximum absolute atomic E-state index is 13.5. The number of carbonyl (C=O) groups is 2. The Morgan fingerprint density at radius 3 is 2.45 bits per heavy atom. The van der Waals surface area contributed by atoms with Gasteiger partial charge in [-0.05, 0) is 76.6 Å². The number of nitrogens with one attached hydrogen (secondary N) is 2. The van der Waals surface area contributed by atoms with Crippen molar-refractivity contribution in [2.75, 3.05) is 18.8 Å². The van der Waals surface area contributed by atoms with Gasteiger partial charge in [0.15, 0.2) is 0 Å². The fourth-order valence-electron chi connectivity index (χ4n) is 6.06. The van der Waals surface area contributed by atoms with Crippen LogP contribution in [0.4, 0.5) is 0 Å². The molecule has 0 radical (unpaired) electrons. The van der Waals surface area contributed by atoms with Gasteiger partial charge < -0.3 is 20.8 Å². The molecule has 2 amide bonds. The van der Waals surface area contributed by atoms with Gasteiger partial charge in [-0.15, -0.1) is 11.8 Å². The number of rotatable bonds is 9. The number of phenols is 1. The van der Waals surface area contributed by atoms with Gasteiger partial charge in [0.1, 0.15) is 5.75 Å². The van der Waals surface area contributed by atoms with Crippen molar-refractivity contribution in [1.82, 2.24) is 15.5 Å². The van der Waals surface area contributed by atoms with Crippen LogP contribution in [0.1, 0.15) is 68.8 Å². The zero-order valence-electron chi connectivity index (χ0n) is 24.2. The highest BCUT2D eigenvalue weighted by Crippen LogP contribution is 2.39. The predicted octanol–water partition coefficient (Wildman–Crippen LogP) is 4.75. The number of aromatic hydroxyl groups is 1. The van der Waals surface area contributed by atoms with Gasteiger partial charge >= 0.3 is 0 Å². The molecule has 7 nitrogen and oxygen atoms in total. The van der Waals surface area contributed by atoms with Gasteiger partial charge in [0.05, 0.1) is 18.2 Å². The molecule has 8 heteroatoms. The van der Waals surface area contributed by atoms with Gasteiger partial charge in [0, 0.05) is 40.4 Å². The van der Waals surface area contributed by atoms with Crippen LogP contribution in [0.15, 0.2) is 53.4 Å². The van der Waals surface area contributed by atoms with Crippen molar-refractivity contribution in [3.05, 3.63) is 59.7 Å². The SMILES string of the molecule is Cc1c(O)cccc1C(=O)N[C@@H](CSc1ccccc1)[C@H](O)CN1CC2CCCC[C@H]2C[C@H]1C(=O)NC(C)(C)C. The van der Waals surface area contributed by atoms with E-state index in [1.807, 2.05) is 51.1 Å². The van der Waals surface area contributed by atoms with Crippen molar-refractivity contribution in [2.45, 2.75) is 88.4 Å². The number of hydrogen-bond donors (Lipinski definition) is 4. The van der Waals surface area contributed by atoms with E-state index in [9.17, 15) is 19.8 Å². The van der Waals surface area contributed by atoms with Crippen LogP contribution in [0.3, 0.4) is 0 Å². The van der Waals surface area contributed by atoms with E-state index < -0.39 is 12.1 Å². The summed E-state index contributed by atoms with van der Waals surface area (Å²) >= 11 is 1.57. The molecule has 218 valence electrons. The third kappa shape index (κ3) is 8.02. The number of carbonyl (C=O) groups excluding carboxylic acids is 2. The van der Waals surface area contributed by atoms with Crippen molar-refractivity contribution >= 4 is 23.6 Å². The Balaban J connectivity index is 1.54. The number of benzene rings is 2. The Bertz CT molecular complexity index is 1150. The number of thioether (sulfide) groups is 1. The molecule has 40 heavy (non-hydrogen) atoms. The lowest BCUT2D eigenvalue weighted by molar-refractivity contribution is -0.132. The molecule has 1 saturated carbocycles. The Morgan fingerprint density at radius 1 is 1.05 bits per heavy atom. The van der Waals surface area contributed by atoms with E-state index in [4.69, 9.17) is 0 Å². The molecule has 0 spiro atoms. The lowest BCUT2D eigenvalue weighted by Crippen LogP contribution is -2.60. The van der Waals surface area contributed by atoms with Crippen molar-refractivity contribution in [3.63, 3.8) is 0 Å². The number of phenolic OH excluding ortho intramolecular Hbond substituents is 1. The molecule has 4 rings (SSSR count). The summed E-state index contributed by atoms with van der Waals surface area (Å²) in [4.78, 5) is 30.0. The Hall–Kier alpha value is -2.55. The maximum atomic E-state index is 13.5. The molecule has 1 heterocycles. The number of amides is 2. The normalized spacial score (nSPS) is 23.1. The van der Waals surface area contributed by atoms with Crippen molar-refractivity contribution in [3.8, 4) is 5.75 Å². The van der Waals surface area contributed by atoms with E-state index >= 15 is 0 Å². The molecular formula is C32H45N3O4S. The second-order valence-electron chi connectivity index (χ2n) is 12.5. The summed E-state index contributed by atoms with van der Waals surface area (Å²) in [6.45, 7) is 8.76. The zero-order chi connectivity index (χ0) is 28.9. The molecule has 2 aromatic carbocycles. The van der Waals surface area contributed by atoms with E-state index in [0.29, 0.717) is 35.3 Å². The third-order valence-corrected chi connectivity index (χ3v) is 9.36. The van der Waals surface area contributed by atoms with Gasteiger partial charge in [0.2, 0.25) is 5.91 Å². The number of likely N-dealkylation sites (tertiary alicyclic amines) is 1. The molecule has 1 saturated heterocycles. The quantitative estimate of drug-likeness (QED) is 0.327. The molecule has 2 aromatic rings. The van der Waals surface area contributed by atoms with Crippen LogP contribution in [0.2, 0.25) is 0 Å². The summed E-state index contributed by atoms with van der Waals surface area (Å²) in [6.07, 6.45) is 4.67. The van der Waals surface area contributed by atoms with Crippen LogP contribution in [0, 0.1) is 18.8 Å². The van der Waals surface area contributed by atoms with Gasteiger partial charge in [0.25, 0.3) is 5.91 Å². The molecule has 1 aliphatic heterocycles. The molecule has 0 bridgehead atoms. The lowest BCUT2D eigenvalue weighted by atomic mass is 9.72. The fraction of sp³-hybridized carbons (Fsp3) is 0.562. The molecule has 0 aromatic heterocycles. The average Bonchev–Trinajstić information content (AvgIpc) is 2.91. The van der Waals surface area contributed by atoms with Crippen molar-refractivity contribution < 1.29 is 19.8 Å². The van der Waals surface area contributed by atoms with Crippen LogP contribution in [-0.2, 0) is 4.79 Å². The number of hydrogen-bond acceptors (Lipinski definition) is 6. The lowest BCUT2D eigenvalue weighted by Gasteiger charge is -2.47. The molecule has 1 aliphatic carbocycles. The first-order chi connectivity index (χ1) is 19.0. The van der Waals surface area contributed by atoms with Crippen LogP contribution in [0.5, 0.6) is 5.75 Å². The predicted molar refractivity (Wildman–Crippen MR) is 161 cm³/mol. The number of aliphatic hydroxyl groups excluding tert-OH is 1. The highest BCUT2D eigenvalue weighted by atomic mass is 32.2. The summed E-state index contributed by atoms with van der Waals surface area (Å²) in [5.74, 6) is 1.27. The third-order valence-electron chi connectivity index (χ3n) is 8.23. The number of nitrogens with zero attached hydrogens (tertiary/aromatic N) is 1. The van der Waals surface area contributed by atoms with Crippen LogP contribution in [-0.4, -0.2) is 69.5 Å². The maximum Gasteiger partial charge on any atom is 0.252 e. The van der Waals surface area contributed by atoms with Crippen molar-refractivity contribution in [2.24, 2.45) is 11.8 Å². The van der Waals surface area contributed by atoms with Gasteiger partial charge in [-0.2, -0.15) is 0 Å². The van der Waals surface area contributed by atoms with E-state index in [-0.39, 0.29) is 29.1 Å². The van der Waals surface area contributed by atoms with E-state index in [1.165, 1.54) is 12.8 Å². The molecule has 2 aliphatic rings. The second kappa shape index (κ2) is 13.4. The molecule has 1 unspecified atom stereocenters. The number of fused-ring (bicyclic) bond motifs is 1. The fourth-order valence-corrected chi connectivity index (χ4v) is 7.09. The van der Waals surface area contributed by atoms with Crippen LogP contribution < -0.4 is 10.6 Å². The summed E-state index contributed by atoms with van der Waals surface area (Å²) in [5, 5.41) is 28.0. The first-order valence-electron chi connectivity index (χ1n) is 14.5. The van der Waals surface area contributed by atoms with Gasteiger partial charge in [-0.1, -0.05) is 43.5 Å². The van der Waals surface area contributed by atoms with Gasteiger partial charge in [-0.3, -0.25) is 14.5 Å². The van der Waals surface area contributed by atoms with Crippen LogP contribution >= 0.6 is 11.8 Å². The van der Waals surface area contributed by atoms with Crippen LogP contribution in [0.25, 0.3) is 0 Å². The summed E-state index contributed by atoms with van der Waals surface area (Å²) in [6, 6.07) is 13.9. The smallest absolute Gasteiger partial charge is 0.252 e. The minimum Gasteiger partial charge on any atom is -0.508 e. The Morgan fingerprint density at radius 2 is 1.75 bits per heavy atom. The second-order valence-corrected chi connectivity index (χ2v) is 13.6. The average molecular weight is 568 g/mol. The minimum absolute atomic E-state index is 0.0124. The molecule has 2 fully saturated rings. The molecule has 4 N–H and O–H groups in total. The zero-order valence-corrected chi connectivity index (χ0v) is 25.0. The van der Waals surface area contributed by atoms with Gasteiger partial charge in [-0.25, -0.2) is 0 Å². The summed E-state index contributed by atoms with van der Waals surface area (Å²) < 4.78 is 0. The minimum atomic E-state index is -0.886. The van der Waals surface area contributed by atoms with Crippen molar-refractivity contribution in [1.29, 1.82) is 0 Å². The Kier molecular flexibility index (Phi) is 10.2. The highest BCUT2D eigenvalue weighted by Gasteiger charge is 2.41. The van der Waals surface area contributed by atoms with E-state index in [0.717, 1.165) is 30.7 Å². The standard InChI is InChI=1S/C32H45N3O4S/c1-21-25(15-10-16-28(21)36)30(38)33-26(20-40-24-13-6-5-7-14-24)29(37)19-35-18-23-12-9-8-11-22(23)17-27(35)31(39)34-32(2,3)4/h5-7,10,13-16,22-23,26-27,29,36-37H,8-9,11-12,17-20H2,1-4H3,(H,33,38)(H,34,39)/t22-,23?,26-,27-,29+/m0/s1. The topological polar surface area (TPSA) is 102 Å². The Labute approximate surface area is 243 Å². The summed E-state index contributed by atoms with van der Waals surface area (Å²) in [7, 11) is 0. The van der Waals surface area contributed by atoms with E-state index in [1.54, 1.807) is 36.9 Å². The first-order valence-corrected chi connectivity index (χ1v) is 15.5.